The molecule has 1 nitrogen and oxygen atoms in total. The Morgan fingerprint density at radius 3 is 1.50 bits per heavy atom. The van der Waals surface area contributed by atoms with Crippen molar-refractivity contribution in [1.29, 1.82) is 0 Å². The molecule has 0 aromatic carbocycles. The van der Waals surface area contributed by atoms with Gasteiger partial charge in [-0.05, 0) is 12.0 Å². The molecule has 88 valence electrons. The van der Waals surface area contributed by atoms with Gasteiger partial charge in [-0.25, -0.2) is 0 Å². The van der Waals surface area contributed by atoms with Crippen LogP contribution < -0.4 is 5.32 Å². The first kappa shape index (κ1) is 16.2. The van der Waals surface area contributed by atoms with Crippen LogP contribution in [0.15, 0.2) is 0 Å². The van der Waals surface area contributed by atoms with Gasteiger partial charge in [-0.1, -0.05) is 41.5 Å². The first-order valence-corrected chi connectivity index (χ1v) is 4.99. The number of halogens is 3. The molecule has 0 radical (unpaired) electrons. The average molecular weight is 213 g/mol. The summed E-state index contributed by atoms with van der Waals surface area (Å²) in [5.41, 5.74) is -0.783. The van der Waals surface area contributed by atoms with Crippen LogP contribution in [0.2, 0.25) is 0 Å². The summed E-state index contributed by atoms with van der Waals surface area (Å²) >= 11 is 0. The van der Waals surface area contributed by atoms with Crippen molar-refractivity contribution in [3.05, 3.63) is 0 Å². The molecule has 4 heteroatoms. The van der Waals surface area contributed by atoms with Crippen LogP contribution in [0.3, 0.4) is 0 Å². The molecule has 0 rings (SSSR count). The molecule has 0 heterocycles. The molecule has 0 aromatic rings. The second-order valence-electron chi connectivity index (χ2n) is 3.90. The Bertz CT molecular complexity index is 121. The quantitative estimate of drug-likeness (QED) is 0.739. The third kappa shape index (κ3) is 6.24. The van der Waals surface area contributed by atoms with Crippen LogP contribution in [0.4, 0.5) is 13.2 Å². The van der Waals surface area contributed by atoms with E-state index in [0.717, 1.165) is 0 Å². The minimum atomic E-state index is -4.16. The van der Waals surface area contributed by atoms with Crippen molar-refractivity contribution >= 4 is 0 Å². The lowest BCUT2D eigenvalue weighted by Crippen LogP contribution is -2.50. The molecule has 1 atom stereocenters. The number of hydrogen-bond donors (Lipinski definition) is 1. The molecular weight excluding hydrogens is 191 g/mol. The SMILES string of the molecule is CC.CCNC(C(C)(C)C)C(F)(F)F. The van der Waals surface area contributed by atoms with Gasteiger partial charge in [-0.3, -0.25) is 0 Å². The molecular formula is C10H22F3N. The van der Waals surface area contributed by atoms with E-state index in [1.165, 1.54) is 0 Å². The van der Waals surface area contributed by atoms with E-state index in [9.17, 15) is 13.2 Å². The minimum absolute atomic E-state index is 0.335. The molecule has 0 spiro atoms. The predicted octanol–water partition coefficient (Wildman–Crippen LogP) is 3.60. The fraction of sp³-hybridized carbons (Fsp3) is 1.00. The molecule has 0 saturated carbocycles. The average Bonchev–Trinajstić information content (AvgIpc) is 2.00. The first-order valence-electron chi connectivity index (χ1n) is 4.99. The maximum atomic E-state index is 12.3. The molecule has 0 aromatic heterocycles. The number of nitrogens with one attached hydrogen (secondary N) is 1. The van der Waals surface area contributed by atoms with E-state index < -0.39 is 17.6 Å². The largest absolute Gasteiger partial charge is 0.404 e. The Balaban J connectivity index is 0. The molecule has 1 unspecified atom stereocenters. The van der Waals surface area contributed by atoms with Gasteiger partial charge in [0.25, 0.3) is 0 Å². The summed E-state index contributed by atoms with van der Waals surface area (Å²) in [6.45, 7) is 10.7. The second kappa shape index (κ2) is 6.27. The summed E-state index contributed by atoms with van der Waals surface area (Å²) in [5, 5.41) is 2.44. The van der Waals surface area contributed by atoms with E-state index in [1.54, 1.807) is 27.7 Å². The molecule has 0 saturated heterocycles. The fourth-order valence-electron chi connectivity index (χ4n) is 1.12. The van der Waals surface area contributed by atoms with Crippen molar-refractivity contribution in [2.75, 3.05) is 6.54 Å². The summed E-state index contributed by atoms with van der Waals surface area (Å²) in [4.78, 5) is 0. The minimum Gasteiger partial charge on any atom is -0.306 e. The summed E-state index contributed by atoms with van der Waals surface area (Å²) in [7, 11) is 0. The third-order valence-electron chi connectivity index (χ3n) is 1.60. The summed E-state index contributed by atoms with van der Waals surface area (Å²) in [5.74, 6) is 0. The smallest absolute Gasteiger partial charge is 0.306 e. The van der Waals surface area contributed by atoms with Gasteiger partial charge in [0.1, 0.15) is 6.04 Å². The zero-order valence-corrected chi connectivity index (χ0v) is 9.92. The van der Waals surface area contributed by atoms with Gasteiger partial charge < -0.3 is 5.32 Å². The molecule has 0 aliphatic carbocycles. The van der Waals surface area contributed by atoms with E-state index in [4.69, 9.17) is 0 Å². The number of rotatable bonds is 2. The highest BCUT2D eigenvalue weighted by molar-refractivity contribution is 4.86. The predicted molar refractivity (Wildman–Crippen MR) is 54.3 cm³/mol. The number of alkyl halides is 3. The van der Waals surface area contributed by atoms with Crippen molar-refractivity contribution in [2.24, 2.45) is 5.41 Å². The van der Waals surface area contributed by atoms with E-state index in [0.29, 0.717) is 6.54 Å². The molecule has 0 bridgehead atoms. The monoisotopic (exact) mass is 213 g/mol. The van der Waals surface area contributed by atoms with Gasteiger partial charge in [0.15, 0.2) is 0 Å². The van der Waals surface area contributed by atoms with Crippen LogP contribution in [0.5, 0.6) is 0 Å². The van der Waals surface area contributed by atoms with E-state index >= 15 is 0 Å². The van der Waals surface area contributed by atoms with Gasteiger partial charge >= 0.3 is 6.18 Å². The Morgan fingerprint density at radius 2 is 1.43 bits per heavy atom. The normalized spacial score (nSPS) is 14.4. The maximum absolute atomic E-state index is 12.3. The fourth-order valence-corrected chi connectivity index (χ4v) is 1.12. The lowest BCUT2D eigenvalue weighted by molar-refractivity contribution is -0.177. The summed E-state index contributed by atoms with van der Waals surface area (Å²) < 4.78 is 37.0. The Kier molecular flexibility index (Phi) is 7.26. The Hall–Kier alpha value is -0.250. The molecule has 14 heavy (non-hydrogen) atoms. The Labute approximate surface area is 85.1 Å². The zero-order valence-electron chi connectivity index (χ0n) is 9.92. The standard InChI is InChI=1S/C8H16F3N.C2H6/c1-5-12-6(7(2,3)4)8(9,10)11;1-2/h6,12H,5H2,1-4H3;1-2H3. The highest BCUT2D eigenvalue weighted by Crippen LogP contribution is 2.32. The topological polar surface area (TPSA) is 12.0 Å². The van der Waals surface area contributed by atoms with Crippen LogP contribution in [-0.2, 0) is 0 Å². The van der Waals surface area contributed by atoms with E-state index in [2.05, 4.69) is 5.32 Å². The molecule has 1 N–H and O–H groups in total. The van der Waals surface area contributed by atoms with Gasteiger partial charge in [0.05, 0.1) is 0 Å². The van der Waals surface area contributed by atoms with Gasteiger partial charge in [-0.2, -0.15) is 13.2 Å². The first-order chi connectivity index (χ1) is 6.19. The summed E-state index contributed by atoms with van der Waals surface area (Å²) in [6, 6.07) is -1.42. The lowest BCUT2D eigenvalue weighted by Gasteiger charge is -2.32. The second-order valence-corrected chi connectivity index (χ2v) is 3.90. The molecule has 0 aliphatic rings. The van der Waals surface area contributed by atoms with Crippen LogP contribution in [0, 0.1) is 5.41 Å². The van der Waals surface area contributed by atoms with Crippen molar-refractivity contribution in [3.8, 4) is 0 Å². The van der Waals surface area contributed by atoms with Gasteiger partial charge in [0, 0.05) is 0 Å². The van der Waals surface area contributed by atoms with Crippen molar-refractivity contribution in [1.82, 2.24) is 5.32 Å². The highest BCUT2D eigenvalue weighted by atomic mass is 19.4. The molecule has 0 fully saturated rings. The Morgan fingerprint density at radius 1 is 1.07 bits per heavy atom. The van der Waals surface area contributed by atoms with Crippen LogP contribution in [0.25, 0.3) is 0 Å². The van der Waals surface area contributed by atoms with E-state index in [1.807, 2.05) is 13.8 Å². The summed E-state index contributed by atoms with van der Waals surface area (Å²) in [6.07, 6.45) is -4.16. The van der Waals surface area contributed by atoms with Crippen molar-refractivity contribution in [2.45, 2.75) is 53.8 Å². The maximum Gasteiger partial charge on any atom is 0.404 e. The highest BCUT2D eigenvalue weighted by Gasteiger charge is 2.45. The molecule has 0 aliphatic heterocycles. The van der Waals surface area contributed by atoms with Gasteiger partial charge in [0.2, 0.25) is 0 Å². The van der Waals surface area contributed by atoms with Crippen LogP contribution >= 0.6 is 0 Å². The van der Waals surface area contributed by atoms with Crippen molar-refractivity contribution in [3.63, 3.8) is 0 Å². The third-order valence-corrected chi connectivity index (χ3v) is 1.60. The zero-order chi connectivity index (χ0) is 12.0. The van der Waals surface area contributed by atoms with Gasteiger partial charge in [-0.15, -0.1) is 0 Å². The molecule has 0 amide bonds. The number of hydrogen-bond acceptors (Lipinski definition) is 1. The van der Waals surface area contributed by atoms with E-state index in [-0.39, 0.29) is 0 Å². The van der Waals surface area contributed by atoms with Crippen molar-refractivity contribution < 1.29 is 13.2 Å². The van der Waals surface area contributed by atoms with Crippen LogP contribution in [-0.4, -0.2) is 18.8 Å². The van der Waals surface area contributed by atoms with Crippen LogP contribution in [0.1, 0.15) is 41.5 Å². The lowest BCUT2D eigenvalue weighted by atomic mass is 9.86.